The van der Waals surface area contributed by atoms with E-state index in [9.17, 15) is 9.59 Å². The fourth-order valence-corrected chi connectivity index (χ4v) is 2.24. The van der Waals surface area contributed by atoms with Gasteiger partial charge in [-0.2, -0.15) is 0 Å². The largest absolute Gasteiger partial charge is 0.380 e. The molecule has 0 saturated heterocycles. The average Bonchev–Trinajstić information content (AvgIpc) is 2.61. The summed E-state index contributed by atoms with van der Waals surface area (Å²) in [6.07, 6.45) is 0. The molecule has 0 unspecified atom stereocenters. The van der Waals surface area contributed by atoms with Crippen LogP contribution in [-0.4, -0.2) is 25.5 Å². The minimum Gasteiger partial charge on any atom is -0.380 e. The third-order valence-corrected chi connectivity index (χ3v) is 3.53. The van der Waals surface area contributed by atoms with Gasteiger partial charge in [0.2, 0.25) is 0 Å². The molecular weight excluding hydrogens is 304 g/mol. The number of benzene rings is 2. The molecule has 0 fully saturated rings. The van der Waals surface area contributed by atoms with E-state index in [-0.39, 0.29) is 11.8 Å². The highest BCUT2D eigenvalue weighted by molar-refractivity contribution is 5.94. The Morgan fingerprint density at radius 3 is 1.83 bits per heavy atom. The van der Waals surface area contributed by atoms with E-state index in [0.717, 1.165) is 11.1 Å². The number of methoxy groups -OCH3 is 1. The lowest BCUT2D eigenvalue weighted by Gasteiger charge is -2.07. The smallest absolute Gasteiger partial charge is 0.251 e. The number of rotatable bonds is 7. The lowest BCUT2D eigenvalue weighted by molar-refractivity contribution is 0.0943. The van der Waals surface area contributed by atoms with Gasteiger partial charge in [0.25, 0.3) is 11.8 Å². The molecule has 0 saturated carbocycles. The molecule has 0 aliphatic heterocycles. The minimum atomic E-state index is -0.133. The Morgan fingerprint density at radius 1 is 0.833 bits per heavy atom. The second-order valence-corrected chi connectivity index (χ2v) is 5.37. The lowest BCUT2D eigenvalue weighted by Crippen LogP contribution is -2.23. The van der Waals surface area contributed by atoms with Gasteiger partial charge in [-0.05, 0) is 42.3 Å². The van der Waals surface area contributed by atoms with Crippen molar-refractivity contribution in [3.05, 3.63) is 70.8 Å². The van der Waals surface area contributed by atoms with Crippen LogP contribution in [0.1, 0.15) is 38.8 Å². The van der Waals surface area contributed by atoms with E-state index in [1.165, 1.54) is 0 Å². The van der Waals surface area contributed by atoms with Gasteiger partial charge in [0.05, 0.1) is 6.61 Å². The summed E-state index contributed by atoms with van der Waals surface area (Å²) in [7, 11) is 1.64. The molecule has 2 rings (SSSR count). The quantitative estimate of drug-likeness (QED) is 0.821. The Balaban J connectivity index is 1.90. The van der Waals surface area contributed by atoms with Gasteiger partial charge in [-0.3, -0.25) is 9.59 Å². The summed E-state index contributed by atoms with van der Waals surface area (Å²) in [6.45, 7) is 3.41. The molecule has 0 bridgehead atoms. The van der Waals surface area contributed by atoms with E-state index in [4.69, 9.17) is 4.74 Å². The summed E-state index contributed by atoms with van der Waals surface area (Å²) in [5.74, 6) is -0.226. The molecule has 0 aliphatic rings. The van der Waals surface area contributed by atoms with E-state index in [1.54, 1.807) is 31.4 Å². The first kappa shape index (κ1) is 17.7. The Kier molecular flexibility index (Phi) is 6.51. The molecule has 5 heteroatoms. The number of ether oxygens (including phenoxy) is 1. The monoisotopic (exact) mass is 326 g/mol. The maximum atomic E-state index is 12.1. The van der Waals surface area contributed by atoms with Crippen molar-refractivity contribution in [3.8, 4) is 0 Å². The van der Waals surface area contributed by atoms with E-state index in [1.807, 2.05) is 31.2 Å². The van der Waals surface area contributed by atoms with Crippen molar-refractivity contribution in [1.29, 1.82) is 0 Å². The summed E-state index contributed by atoms with van der Waals surface area (Å²) < 4.78 is 5.05. The molecule has 24 heavy (non-hydrogen) atoms. The second kappa shape index (κ2) is 8.84. The van der Waals surface area contributed by atoms with Gasteiger partial charge in [0, 0.05) is 31.3 Å². The molecule has 0 heterocycles. The first-order valence-corrected chi connectivity index (χ1v) is 7.87. The molecule has 0 aliphatic carbocycles. The van der Waals surface area contributed by atoms with Crippen molar-refractivity contribution < 1.29 is 14.3 Å². The standard InChI is InChI=1S/C19H22N2O3/c1-3-20-18(22)16-8-4-14(5-9-16)12-21-19(23)17-10-6-15(7-11-17)13-24-2/h4-11H,3,12-13H2,1-2H3,(H,20,22)(H,21,23). The maximum absolute atomic E-state index is 12.1. The van der Waals surface area contributed by atoms with E-state index in [0.29, 0.717) is 30.8 Å². The van der Waals surface area contributed by atoms with Gasteiger partial charge in [-0.15, -0.1) is 0 Å². The highest BCUT2D eigenvalue weighted by Gasteiger charge is 2.07. The van der Waals surface area contributed by atoms with E-state index >= 15 is 0 Å². The van der Waals surface area contributed by atoms with Crippen LogP contribution in [0.15, 0.2) is 48.5 Å². The molecule has 2 aromatic rings. The summed E-state index contributed by atoms with van der Waals surface area (Å²) in [5.41, 5.74) is 3.18. The molecule has 0 atom stereocenters. The normalized spacial score (nSPS) is 10.2. The van der Waals surface area contributed by atoms with E-state index in [2.05, 4.69) is 10.6 Å². The zero-order valence-electron chi connectivity index (χ0n) is 14.0. The number of carbonyl (C=O) groups is 2. The van der Waals surface area contributed by atoms with Crippen molar-refractivity contribution in [2.45, 2.75) is 20.1 Å². The van der Waals surface area contributed by atoms with Crippen LogP contribution in [0, 0.1) is 0 Å². The number of amides is 2. The van der Waals surface area contributed by atoms with Crippen LogP contribution in [0.3, 0.4) is 0 Å². The molecule has 5 nitrogen and oxygen atoms in total. The predicted octanol–water partition coefficient (Wildman–Crippen LogP) is 2.51. The van der Waals surface area contributed by atoms with Gasteiger partial charge in [-0.25, -0.2) is 0 Å². The van der Waals surface area contributed by atoms with Crippen molar-refractivity contribution in [1.82, 2.24) is 10.6 Å². The lowest BCUT2D eigenvalue weighted by atomic mass is 10.1. The van der Waals surface area contributed by atoms with Gasteiger partial charge in [0.1, 0.15) is 0 Å². The Morgan fingerprint density at radius 2 is 1.33 bits per heavy atom. The summed E-state index contributed by atoms with van der Waals surface area (Å²) >= 11 is 0. The molecule has 0 aromatic heterocycles. The number of hydrogen-bond acceptors (Lipinski definition) is 3. The Labute approximate surface area is 142 Å². The number of carbonyl (C=O) groups excluding carboxylic acids is 2. The Hall–Kier alpha value is -2.66. The van der Waals surface area contributed by atoms with Crippen molar-refractivity contribution in [3.63, 3.8) is 0 Å². The van der Waals surface area contributed by atoms with Crippen LogP contribution in [-0.2, 0) is 17.9 Å². The van der Waals surface area contributed by atoms with Gasteiger partial charge in [0.15, 0.2) is 0 Å². The fraction of sp³-hybridized carbons (Fsp3) is 0.263. The summed E-state index contributed by atoms with van der Waals surface area (Å²) in [6, 6.07) is 14.5. The summed E-state index contributed by atoms with van der Waals surface area (Å²) in [4.78, 5) is 23.8. The van der Waals surface area contributed by atoms with Crippen LogP contribution in [0.4, 0.5) is 0 Å². The van der Waals surface area contributed by atoms with Crippen molar-refractivity contribution >= 4 is 11.8 Å². The van der Waals surface area contributed by atoms with Crippen molar-refractivity contribution in [2.24, 2.45) is 0 Å². The first-order chi connectivity index (χ1) is 11.6. The van der Waals surface area contributed by atoms with Crippen molar-refractivity contribution in [2.75, 3.05) is 13.7 Å². The average molecular weight is 326 g/mol. The second-order valence-electron chi connectivity index (χ2n) is 5.37. The molecule has 126 valence electrons. The molecule has 2 aromatic carbocycles. The van der Waals surface area contributed by atoms with Gasteiger partial charge >= 0.3 is 0 Å². The SMILES string of the molecule is CCNC(=O)c1ccc(CNC(=O)c2ccc(COC)cc2)cc1. The van der Waals surface area contributed by atoms with Crippen LogP contribution in [0.25, 0.3) is 0 Å². The van der Waals surface area contributed by atoms with Crippen LogP contribution < -0.4 is 10.6 Å². The fourth-order valence-electron chi connectivity index (χ4n) is 2.24. The Bertz CT molecular complexity index is 679. The zero-order chi connectivity index (χ0) is 17.4. The molecule has 0 radical (unpaired) electrons. The maximum Gasteiger partial charge on any atom is 0.251 e. The topological polar surface area (TPSA) is 67.4 Å². The molecular formula is C19H22N2O3. The van der Waals surface area contributed by atoms with Crippen LogP contribution in [0.2, 0.25) is 0 Å². The van der Waals surface area contributed by atoms with E-state index < -0.39 is 0 Å². The van der Waals surface area contributed by atoms with Crippen LogP contribution >= 0.6 is 0 Å². The zero-order valence-corrected chi connectivity index (χ0v) is 14.0. The highest BCUT2D eigenvalue weighted by atomic mass is 16.5. The highest BCUT2D eigenvalue weighted by Crippen LogP contribution is 2.07. The molecule has 2 N–H and O–H groups in total. The minimum absolute atomic E-state index is 0.0933. The third-order valence-electron chi connectivity index (χ3n) is 3.53. The first-order valence-electron chi connectivity index (χ1n) is 7.87. The van der Waals surface area contributed by atoms with Gasteiger partial charge in [-0.1, -0.05) is 24.3 Å². The van der Waals surface area contributed by atoms with Gasteiger partial charge < -0.3 is 15.4 Å². The number of nitrogens with one attached hydrogen (secondary N) is 2. The predicted molar refractivity (Wildman–Crippen MR) is 92.8 cm³/mol. The summed E-state index contributed by atoms with van der Waals surface area (Å²) in [5, 5.41) is 5.62. The molecule has 0 spiro atoms. The number of hydrogen-bond donors (Lipinski definition) is 2. The van der Waals surface area contributed by atoms with Crippen LogP contribution in [0.5, 0.6) is 0 Å². The molecule has 2 amide bonds. The third kappa shape index (κ3) is 4.93.